The van der Waals surface area contributed by atoms with Crippen molar-refractivity contribution in [3.05, 3.63) is 24.7 Å². The molecule has 0 saturated carbocycles. The van der Waals surface area contributed by atoms with Gasteiger partial charge in [0.25, 0.3) is 0 Å². The normalized spacial score (nSPS) is 10.9. The predicted octanol–water partition coefficient (Wildman–Crippen LogP) is 3.49. The monoisotopic (exact) mass is 154 g/mol. The van der Waals surface area contributed by atoms with Gasteiger partial charge in [-0.25, -0.2) is 0 Å². The predicted molar refractivity (Wildman–Crippen MR) is 49.1 cm³/mol. The Morgan fingerprint density at radius 1 is 1.27 bits per heavy atom. The summed E-state index contributed by atoms with van der Waals surface area (Å²) in [5, 5.41) is 0. The van der Waals surface area contributed by atoms with Crippen molar-refractivity contribution >= 4 is 0 Å². The van der Waals surface area contributed by atoms with E-state index in [4.69, 9.17) is 4.74 Å². The highest BCUT2D eigenvalue weighted by atomic mass is 16.5. The van der Waals surface area contributed by atoms with E-state index in [0.717, 1.165) is 12.2 Å². The molecule has 64 valence electrons. The van der Waals surface area contributed by atoms with Gasteiger partial charge < -0.3 is 4.74 Å². The number of allylic oxidation sites excluding steroid dienone is 2. The van der Waals surface area contributed by atoms with Crippen molar-refractivity contribution in [2.75, 3.05) is 0 Å². The molecular formula is C10H18O. The Kier molecular flexibility index (Phi) is 3.37. The van der Waals surface area contributed by atoms with E-state index in [2.05, 4.69) is 33.9 Å². The van der Waals surface area contributed by atoms with E-state index in [-0.39, 0.29) is 5.41 Å². The van der Waals surface area contributed by atoms with E-state index in [1.54, 1.807) is 0 Å². The van der Waals surface area contributed by atoms with Gasteiger partial charge in [0.05, 0.1) is 11.5 Å². The van der Waals surface area contributed by atoms with Gasteiger partial charge in [0.1, 0.15) is 0 Å². The standard InChI is InChI=1S/C10H18O/c1-8(2)11-9(3)7-10(4,5)6/h1,3,7H2,2,4-6H3. The topological polar surface area (TPSA) is 9.23 Å². The van der Waals surface area contributed by atoms with Gasteiger partial charge in [-0.3, -0.25) is 0 Å². The SMILES string of the molecule is C=C(C)OC(=C)CC(C)(C)C. The second-order valence-corrected chi connectivity index (χ2v) is 4.08. The van der Waals surface area contributed by atoms with Crippen LogP contribution in [0.4, 0.5) is 0 Å². The van der Waals surface area contributed by atoms with Crippen LogP contribution >= 0.6 is 0 Å². The first-order valence-corrected chi connectivity index (χ1v) is 3.82. The summed E-state index contributed by atoms with van der Waals surface area (Å²) in [4.78, 5) is 0. The van der Waals surface area contributed by atoms with E-state index in [0.29, 0.717) is 5.76 Å². The van der Waals surface area contributed by atoms with Gasteiger partial charge in [-0.2, -0.15) is 0 Å². The molecule has 0 aromatic heterocycles. The average Bonchev–Trinajstić information content (AvgIpc) is 1.53. The maximum absolute atomic E-state index is 5.24. The van der Waals surface area contributed by atoms with Crippen LogP contribution in [0, 0.1) is 5.41 Å². The van der Waals surface area contributed by atoms with Crippen molar-refractivity contribution in [1.29, 1.82) is 0 Å². The Hall–Kier alpha value is -0.720. The minimum Gasteiger partial charge on any atom is -0.468 e. The summed E-state index contributed by atoms with van der Waals surface area (Å²) in [5.41, 5.74) is 0.243. The lowest BCUT2D eigenvalue weighted by Gasteiger charge is -2.19. The third-order valence-electron chi connectivity index (χ3n) is 1.05. The molecule has 0 fully saturated rings. The minimum absolute atomic E-state index is 0.243. The van der Waals surface area contributed by atoms with Crippen LogP contribution < -0.4 is 0 Å². The fraction of sp³-hybridized carbons (Fsp3) is 0.600. The van der Waals surface area contributed by atoms with Crippen molar-refractivity contribution in [1.82, 2.24) is 0 Å². The molecule has 0 aromatic rings. The number of rotatable bonds is 3. The Balaban J connectivity index is 3.80. The van der Waals surface area contributed by atoms with Gasteiger partial charge in [0.2, 0.25) is 0 Å². The molecule has 0 spiro atoms. The molecule has 0 saturated heterocycles. The van der Waals surface area contributed by atoms with Gasteiger partial charge >= 0.3 is 0 Å². The highest BCUT2D eigenvalue weighted by Crippen LogP contribution is 2.24. The lowest BCUT2D eigenvalue weighted by Crippen LogP contribution is -2.06. The van der Waals surface area contributed by atoms with E-state index in [9.17, 15) is 0 Å². The molecule has 0 amide bonds. The zero-order valence-corrected chi connectivity index (χ0v) is 8.03. The fourth-order valence-corrected chi connectivity index (χ4v) is 0.874. The molecule has 0 unspecified atom stereocenters. The van der Waals surface area contributed by atoms with Crippen LogP contribution in [-0.2, 0) is 4.74 Å². The number of hydrogen-bond donors (Lipinski definition) is 0. The molecule has 11 heavy (non-hydrogen) atoms. The Morgan fingerprint density at radius 3 is 2.00 bits per heavy atom. The molecule has 0 bridgehead atoms. The van der Waals surface area contributed by atoms with E-state index in [1.807, 2.05) is 6.92 Å². The van der Waals surface area contributed by atoms with Crippen LogP contribution in [0.15, 0.2) is 24.7 Å². The van der Waals surface area contributed by atoms with Gasteiger partial charge in [0.15, 0.2) is 0 Å². The van der Waals surface area contributed by atoms with Crippen LogP contribution in [0.3, 0.4) is 0 Å². The van der Waals surface area contributed by atoms with Crippen LogP contribution in [0.5, 0.6) is 0 Å². The molecule has 0 radical (unpaired) electrons. The zero-order chi connectivity index (χ0) is 9.07. The van der Waals surface area contributed by atoms with Gasteiger partial charge in [-0.15, -0.1) is 0 Å². The highest BCUT2D eigenvalue weighted by molar-refractivity contribution is 4.93. The lowest BCUT2D eigenvalue weighted by atomic mass is 9.92. The molecule has 0 atom stereocenters. The Bertz CT molecular complexity index is 160. The second-order valence-electron chi connectivity index (χ2n) is 4.08. The van der Waals surface area contributed by atoms with E-state index in [1.165, 1.54) is 0 Å². The molecule has 0 aliphatic rings. The molecule has 0 rings (SSSR count). The van der Waals surface area contributed by atoms with Crippen molar-refractivity contribution in [2.45, 2.75) is 34.1 Å². The number of hydrogen-bond acceptors (Lipinski definition) is 1. The maximum Gasteiger partial charge on any atom is 0.0969 e. The van der Waals surface area contributed by atoms with Crippen molar-refractivity contribution in [2.24, 2.45) is 5.41 Å². The average molecular weight is 154 g/mol. The molecule has 0 aliphatic heterocycles. The molecule has 0 N–H and O–H groups in total. The largest absolute Gasteiger partial charge is 0.468 e. The molecule has 1 heteroatoms. The fourth-order valence-electron chi connectivity index (χ4n) is 0.874. The summed E-state index contributed by atoms with van der Waals surface area (Å²) in [6.07, 6.45) is 0.875. The Labute approximate surface area is 69.8 Å². The first-order valence-electron chi connectivity index (χ1n) is 3.82. The second kappa shape index (κ2) is 3.61. The highest BCUT2D eigenvalue weighted by Gasteiger charge is 2.12. The molecule has 0 heterocycles. The van der Waals surface area contributed by atoms with Gasteiger partial charge in [-0.05, 0) is 12.3 Å². The first-order chi connectivity index (χ1) is 4.81. The summed E-state index contributed by atoms with van der Waals surface area (Å²) >= 11 is 0. The van der Waals surface area contributed by atoms with Crippen LogP contribution in [0.1, 0.15) is 34.1 Å². The van der Waals surface area contributed by atoms with Crippen molar-refractivity contribution in [3.8, 4) is 0 Å². The van der Waals surface area contributed by atoms with Crippen LogP contribution in [-0.4, -0.2) is 0 Å². The number of ether oxygens (including phenoxy) is 1. The molecule has 0 aliphatic carbocycles. The third kappa shape index (κ3) is 7.17. The minimum atomic E-state index is 0.243. The summed E-state index contributed by atoms with van der Waals surface area (Å²) in [6.45, 7) is 15.7. The van der Waals surface area contributed by atoms with E-state index < -0.39 is 0 Å². The summed E-state index contributed by atoms with van der Waals surface area (Å²) in [7, 11) is 0. The summed E-state index contributed by atoms with van der Waals surface area (Å²) < 4.78 is 5.24. The van der Waals surface area contributed by atoms with Crippen molar-refractivity contribution in [3.63, 3.8) is 0 Å². The quantitative estimate of drug-likeness (QED) is 0.565. The molecule has 0 aromatic carbocycles. The molecule has 1 nitrogen and oxygen atoms in total. The summed E-state index contributed by atoms with van der Waals surface area (Å²) in [5.74, 6) is 1.50. The van der Waals surface area contributed by atoms with Gasteiger partial charge in [-0.1, -0.05) is 33.9 Å². The summed E-state index contributed by atoms with van der Waals surface area (Å²) in [6, 6.07) is 0. The van der Waals surface area contributed by atoms with Crippen molar-refractivity contribution < 1.29 is 4.74 Å². The third-order valence-corrected chi connectivity index (χ3v) is 1.05. The Morgan fingerprint density at radius 2 is 1.73 bits per heavy atom. The van der Waals surface area contributed by atoms with Gasteiger partial charge in [0, 0.05) is 6.42 Å². The smallest absolute Gasteiger partial charge is 0.0969 e. The van der Waals surface area contributed by atoms with E-state index >= 15 is 0 Å². The van der Waals surface area contributed by atoms with Crippen LogP contribution in [0.2, 0.25) is 0 Å². The molecular weight excluding hydrogens is 136 g/mol. The maximum atomic E-state index is 5.24. The zero-order valence-electron chi connectivity index (χ0n) is 8.03. The first kappa shape index (κ1) is 10.3. The van der Waals surface area contributed by atoms with Crippen LogP contribution in [0.25, 0.3) is 0 Å². The lowest BCUT2D eigenvalue weighted by molar-refractivity contribution is 0.252.